The average Bonchev–Trinajstić information content (AvgIpc) is 3.07. The minimum Gasteiger partial charge on any atom is -0.346 e. The van der Waals surface area contributed by atoms with Gasteiger partial charge in [-0.15, -0.1) is 0 Å². The van der Waals surface area contributed by atoms with Crippen LogP contribution in [-0.2, 0) is 0 Å². The molecule has 0 spiro atoms. The molecule has 0 atom stereocenters. The van der Waals surface area contributed by atoms with Crippen LogP contribution in [0.1, 0.15) is 16.8 Å². The third-order valence-electron chi connectivity index (χ3n) is 4.70. The second kappa shape index (κ2) is 7.88. The molecule has 0 bridgehead atoms. The topological polar surface area (TPSA) is 36.4 Å². The Kier molecular flexibility index (Phi) is 5.16. The SMILES string of the molecule is O=C(c1ccc(F)cc1)N1CCCN(c2ncc(-c3ccccc3)s2)CC1. The summed E-state index contributed by atoms with van der Waals surface area (Å²) >= 11 is 1.68. The van der Waals surface area contributed by atoms with Crippen LogP contribution in [0.15, 0.2) is 60.8 Å². The molecule has 2 heterocycles. The van der Waals surface area contributed by atoms with Crippen molar-refractivity contribution in [1.82, 2.24) is 9.88 Å². The van der Waals surface area contributed by atoms with Gasteiger partial charge in [0.15, 0.2) is 5.13 Å². The van der Waals surface area contributed by atoms with Gasteiger partial charge in [0.2, 0.25) is 0 Å². The minimum atomic E-state index is -0.327. The second-order valence-electron chi connectivity index (χ2n) is 6.51. The van der Waals surface area contributed by atoms with E-state index in [1.54, 1.807) is 23.5 Å². The standard InChI is InChI=1S/C21H20FN3OS/c22-18-9-7-17(8-10-18)20(26)24-11-4-12-25(14-13-24)21-23-15-19(27-21)16-5-2-1-3-6-16/h1-3,5-10,15H,4,11-14H2. The zero-order valence-electron chi connectivity index (χ0n) is 14.8. The van der Waals surface area contributed by atoms with E-state index in [0.717, 1.165) is 29.5 Å². The maximum absolute atomic E-state index is 13.1. The minimum absolute atomic E-state index is 0.0408. The summed E-state index contributed by atoms with van der Waals surface area (Å²) in [6.07, 6.45) is 2.80. The quantitative estimate of drug-likeness (QED) is 0.679. The summed E-state index contributed by atoms with van der Waals surface area (Å²) in [5, 5.41) is 0.991. The number of halogens is 1. The lowest BCUT2D eigenvalue weighted by molar-refractivity contribution is 0.0767. The number of anilines is 1. The van der Waals surface area contributed by atoms with Gasteiger partial charge in [-0.05, 0) is 36.2 Å². The van der Waals surface area contributed by atoms with E-state index in [1.165, 1.54) is 17.7 Å². The van der Waals surface area contributed by atoms with E-state index < -0.39 is 0 Å². The Morgan fingerprint density at radius 1 is 0.963 bits per heavy atom. The number of carbonyl (C=O) groups is 1. The van der Waals surface area contributed by atoms with Crippen molar-refractivity contribution in [3.05, 3.63) is 72.2 Å². The Labute approximate surface area is 161 Å². The van der Waals surface area contributed by atoms with E-state index >= 15 is 0 Å². The normalized spacial score (nSPS) is 14.9. The first-order valence-electron chi connectivity index (χ1n) is 9.02. The van der Waals surface area contributed by atoms with Crippen molar-refractivity contribution in [2.24, 2.45) is 0 Å². The summed E-state index contributed by atoms with van der Waals surface area (Å²) in [6, 6.07) is 16.0. The molecule has 2 aromatic carbocycles. The number of hydrogen-bond donors (Lipinski definition) is 0. The van der Waals surface area contributed by atoms with Crippen molar-refractivity contribution in [3.8, 4) is 10.4 Å². The zero-order valence-corrected chi connectivity index (χ0v) is 15.7. The molecule has 0 radical (unpaired) electrons. The van der Waals surface area contributed by atoms with Gasteiger partial charge in [-0.2, -0.15) is 0 Å². The van der Waals surface area contributed by atoms with Crippen LogP contribution in [0.3, 0.4) is 0 Å². The molecule has 1 aromatic heterocycles. The van der Waals surface area contributed by atoms with E-state index in [4.69, 9.17) is 0 Å². The molecular formula is C21H20FN3OS. The fourth-order valence-corrected chi connectivity index (χ4v) is 4.21. The van der Waals surface area contributed by atoms with Crippen molar-refractivity contribution in [1.29, 1.82) is 0 Å². The summed E-state index contributed by atoms with van der Waals surface area (Å²) in [5.74, 6) is -0.368. The smallest absolute Gasteiger partial charge is 0.253 e. The molecular weight excluding hydrogens is 361 g/mol. The molecule has 4 rings (SSSR count). The van der Waals surface area contributed by atoms with Crippen LogP contribution in [0.2, 0.25) is 0 Å². The van der Waals surface area contributed by atoms with Crippen molar-refractivity contribution >= 4 is 22.4 Å². The number of rotatable bonds is 3. The molecule has 0 unspecified atom stereocenters. The molecule has 1 aliphatic heterocycles. The molecule has 0 aliphatic carbocycles. The van der Waals surface area contributed by atoms with Crippen LogP contribution < -0.4 is 4.90 Å². The number of nitrogens with zero attached hydrogens (tertiary/aromatic N) is 3. The van der Waals surface area contributed by atoms with Crippen LogP contribution >= 0.6 is 11.3 Å². The summed E-state index contributed by atoms with van der Waals surface area (Å²) in [7, 11) is 0. The Bertz CT molecular complexity index is 911. The lowest BCUT2D eigenvalue weighted by Crippen LogP contribution is -2.35. The summed E-state index contributed by atoms with van der Waals surface area (Å²) in [5.41, 5.74) is 1.70. The highest BCUT2D eigenvalue weighted by Crippen LogP contribution is 2.31. The van der Waals surface area contributed by atoms with Crippen LogP contribution in [0.5, 0.6) is 0 Å². The second-order valence-corrected chi connectivity index (χ2v) is 7.52. The number of amides is 1. The largest absolute Gasteiger partial charge is 0.346 e. The van der Waals surface area contributed by atoms with E-state index in [1.807, 2.05) is 29.3 Å². The van der Waals surface area contributed by atoms with Crippen molar-refractivity contribution in [2.45, 2.75) is 6.42 Å². The third kappa shape index (κ3) is 4.01. The summed E-state index contributed by atoms with van der Waals surface area (Å²) in [6.45, 7) is 2.95. The monoisotopic (exact) mass is 381 g/mol. The van der Waals surface area contributed by atoms with Crippen molar-refractivity contribution in [2.75, 3.05) is 31.1 Å². The number of thiazole rings is 1. The van der Waals surface area contributed by atoms with E-state index in [0.29, 0.717) is 18.7 Å². The first-order chi connectivity index (χ1) is 13.2. The molecule has 0 saturated carbocycles. The first kappa shape index (κ1) is 17.7. The highest BCUT2D eigenvalue weighted by atomic mass is 32.1. The average molecular weight is 381 g/mol. The fourth-order valence-electron chi connectivity index (χ4n) is 3.23. The molecule has 138 valence electrons. The molecule has 4 nitrogen and oxygen atoms in total. The van der Waals surface area contributed by atoms with Crippen LogP contribution in [0.25, 0.3) is 10.4 Å². The summed E-state index contributed by atoms with van der Waals surface area (Å²) < 4.78 is 13.1. The lowest BCUT2D eigenvalue weighted by atomic mass is 10.2. The molecule has 6 heteroatoms. The van der Waals surface area contributed by atoms with Crippen molar-refractivity contribution < 1.29 is 9.18 Å². The summed E-state index contributed by atoms with van der Waals surface area (Å²) in [4.78, 5) is 22.5. The van der Waals surface area contributed by atoms with Gasteiger partial charge in [0.05, 0.1) is 4.88 Å². The zero-order chi connectivity index (χ0) is 18.6. The number of aromatic nitrogens is 1. The molecule has 1 amide bonds. The first-order valence-corrected chi connectivity index (χ1v) is 9.83. The Balaban J connectivity index is 1.44. The highest BCUT2D eigenvalue weighted by molar-refractivity contribution is 7.18. The Morgan fingerprint density at radius 3 is 2.52 bits per heavy atom. The van der Waals surface area contributed by atoms with Crippen molar-refractivity contribution in [3.63, 3.8) is 0 Å². The Morgan fingerprint density at radius 2 is 1.74 bits per heavy atom. The molecule has 1 saturated heterocycles. The van der Waals surface area contributed by atoms with Gasteiger partial charge < -0.3 is 9.80 Å². The number of benzene rings is 2. The fraction of sp³-hybridized carbons (Fsp3) is 0.238. The maximum Gasteiger partial charge on any atom is 0.253 e. The van der Waals surface area contributed by atoms with E-state index in [2.05, 4.69) is 22.0 Å². The van der Waals surface area contributed by atoms with Crippen LogP contribution in [0, 0.1) is 5.82 Å². The van der Waals surface area contributed by atoms with Gasteiger partial charge in [-0.3, -0.25) is 4.79 Å². The molecule has 0 N–H and O–H groups in total. The van der Waals surface area contributed by atoms with Gasteiger partial charge in [-0.25, -0.2) is 9.37 Å². The third-order valence-corrected chi connectivity index (χ3v) is 5.80. The molecule has 27 heavy (non-hydrogen) atoms. The molecule has 1 fully saturated rings. The van der Waals surface area contributed by atoms with Gasteiger partial charge in [0.25, 0.3) is 5.91 Å². The van der Waals surface area contributed by atoms with Gasteiger partial charge >= 0.3 is 0 Å². The van der Waals surface area contributed by atoms with E-state index in [9.17, 15) is 9.18 Å². The molecule has 1 aliphatic rings. The predicted molar refractivity (Wildman–Crippen MR) is 107 cm³/mol. The van der Waals surface area contributed by atoms with Crippen LogP contribution in [-0.4, -0.2) is 42.0 Å². The van der Waals surface area contributed by atoms with Crippen LogP contribution in [0.4, 0.5) is 9.52 Å². The van der Waals surface area contributed by atoms with Gasteiger partial charge in [0.1, 0.15) is 5.82 Å². The maximum atomic E-state index is 13.1. The highest BCUT2D eigenvalue weighted by Gasteiger charge is 2.22. The lowest BCUT2D eigenvalue weighted by Gasteiger charge is -2.21. The number of hydrogen-bond acceptors (Lipinski definition) is 4. The van der Waals surface area contributed by atoms with Gasteiger partial charge in [0, 0.05) is 37.9 Å². The predicted octanol–water partition coefficient (Wildman–Crippen LogP) is 4.30. The van der Waals surface area contributed by atoms with Gasteiger partial charge in [-0.1, -0.05) is 41.7 Å². The number of carbonyl (C=O) groups excluding carboxylic acids is 1. The Hall–Kier alpha value is -2.73. The molecule has 3 aromatic rings. The van der Waals surface area contributed by atoms with E-state index in [-0.39, 0.29) is 11.7 Å².